The van der Waals surface area contributed by atoms with Gasteiger partial charge in [-0.2, -0.15) is 0 Å². The molecule has 0 atom stereocenters. The smallest absolute Gasteiger partial charge is 0.215 e. The zero-order valence-electron chi connectivity index (χ0n) is 10.2. The molecule has 1 aromatic heterocycles. The Labute approximate surface area is 117 Å². The second-order valence-corrected chi connectivity index (χ2v) is 6.34. The van der Waals surface area contributed by atoms with Crippen molar-refractivity contribution in [3.63, 3.8) is 0 Å². The summed E-state index contributed by atoms with van der Waals surface area (Å²) in [7, 11) is -3.38. The molecule has 2 aromatic rings. The maximum Gasteiger partial charge on any atom is 0.215 e. The lowest BCUT2D eigenvalue weighted by atomic mass is 10.2. The first-order valence-electron chi connectivity index (χ1n) is 5.79. The third-order valence-electron chi connectivity index (χ3n) is 2.62. The van der Waals surface area contributed by atoms with E-state index in [0.29, 0.717) is 23.6 Å². The van der Waals surface area contributed by atoms with Crippen molar-refractivity contribution in [1.29, 1.82) is 0 Å². The van der Waals surface area contributed by atoms with Crippen LogP contribution in [0, 0.1) is 0 Å². The second kappa shape index (κ2) is 6.23. The third kappa shape index (κ3) is 4.38. The third-order valence-corrected chi connectivity index (χ3v) is 4.32. The maximum absolute atomic E-state index is 11.9. The molecule has 0 bridgehead atoms. The molecular weight excluding hydrogens is 286 g/mol. The van der Waals surface area contributed by atoms with Crippen molar-refractivity contribution in [2.75, 3.05) is 6.54 Å². The van der Waals surface area contributed by atoms with Gasteiger partial charge in [0.15, 0.2) is 0 Å². The minimum absolute atomic E-state index is 0.113. The molecular formula is C13H14ClNO3S. The summed E-state index contributed by atoms with van der Waals surface area (Å²) in [5.41, 5.74) is 1.56. The van der Waals surface area contributed by atoms with Gasteiger partial charge in [-0.25, -0.2) is 13.1 Å². The Balaban J connectivity index is 1.90. The van der Waals surface area contributed by atoms with E-state index >= 15 is 0 Å². The minimum atomic E-state index is -3.38. The summed E-state index contributed by atoms with van der Waals surface area (Å²) >= 11 is 5.94. The van der Waals surface area contributed by atoms with E-state index in [4.69, 9.17) is 16.0 Å². The average Bonchev–Trinajstić information content (AvgIpc) is 2.85. The monoisotopic (exact) mass is 299 g/mol. The van der Waals surface area contributed by atoms with Gasteiger partial charge in [-0.05, 0) is 29.7 Å². The van der Waals surface area contributed by atoms with Crippen LogP contribution in [0.2, 0.25) is 5.02 Å². The summed E-state index contributed by atoms with van der Waals surface area (Å²) in [6, 6.07) is 8.73. The Bertz CT molecular complexity index is 623. The molecule has 0 fully saturated rings. The molecule has 19 heavy (non-hydrogen) atoms. The minimum Gasteiger partial charge on any atom is -0.472 e. The van der Waals surface area contributed by atoms with Crippen molar-refractivity contribution in [3.05, 3.63) is 59.0 Å². The van der Waals surface area contributed by atoms with Crippen LogP contribution in [0.25, 0.3) is 0 Å². The Hall–Kier alpha value is -1.30. The molecule has 1 heterocycles. The lowest BCUT2D eigenvalue weighted by Gasteiger charge is -2.07. The van der Waals surface area contributed by atoms with Crippen molar-refractivity contribution in [2.45, 2.75) is 12.2 Å². The highest BCUT2D eigenvalue weighted by Gasteiger charge is 2.13. The van der Waals surface area contributed by atoms with Crippen LogP contribution in [0.3, 0.4) is 0 Å². The molecule has 0 aliphatic carbocycles. The van der Waals surface area contributed by atoms with Crippen LogP contribution in [0.15, 0.2) is 47.3 Å². The molecule has 0 amide bonds. The molecule has 102 valence electrons. The number of furan rings is 1. The van der Waals surface area contributed by atoms with Gasteiger partial charge >= 0.3 is 0 Å². The SMILES string of the molecule is O=S(=O)(Cc1ccccc1Cl)NCCc1ccoc1. The fraction of sp³-hybridized carbons (Fsp3) is 0.231. The van der Waals surface area contributed by atoms with Gasteiger partial charge in [-0.3, -0.25) is 0 Å². The predicted octanol–water partition coefficient (Wildman–Crippen LogP) is 2.60. The van der Waals surface area contributed by atoms with Crippen LogP contribution in [0.5, 0.6) is 0 Å². The number of benzene rings is 1. The first-order valence-corrected chi connectivity index (χ1v) is 7.82. The fourth-order valence-corrected chi connectivity index (χ4v) is 3.12. The van der Waals surface area contributed by atoms with Gasteiger partial charge in [-0.1, -0.05) is 29.8 Å². The number of rotatable bonds is 6. The molecule has 0 aliphatic heterocycles. The van der Waals surface area contributed by atoms with Crippen LogP contribution in [0.1, 0.15) is 11.1 Å². The summed E-state index contributed by atoms with van der Waals surface area (Å²) in [6.45, 7) is 0.340. The zero-order chi connectivity index (χ0) is 13.7. The largest absolute Gasteiger partial charge is 0.472 e. The molecule has 0 aliphatic rings. The number of hydrogen-bond donors (Lipinski definition) is 1. The van der Waals surface area contributed by atoms with Crippen molar-refractivity contribution in [1.82, 2.24) is 4.72 Å². The molecule has 0 spiro atoms. The molecule has 2 rings (SSSR count). The van der Waals surface area contributed by atoms with E-state index in [-0.39, 0.29) is 5.75 Å². The molecule has 4 nitrogen and oxygen atoms in total. The second-order valence-electron chi connectivity index (χ2n) is 4.13. The quantitative estimate of drug-likeness (QED) is 0.892. The van der Waals surface area contributed by atoms with Gasteiger partial charge < -0.3 is 4.42 Å². The van der Waals surface area contributed by atoms with E-state index in [9.17, 15) is 8.42 Å². The molecule has 0 saturated carbocycles. The van der Waals surface area contributed by atoms with Gasteiger partial charge in [0.05, 0.1) is 18.3 Å². The van der Waals surface area contributed by atoms with Gasteiger partial charge in [-0.15, -0.1) is 0 Å². The van der Waals surface area contributed by atoms with Crippen LogP contribution in [-0.2, 0) is 22.2 Å². The molecule has 1 aromatic carbocycles. The summed E-state index contributed by atoms with van der Waals surface area (Å²) < 4.78 is 31.2. The Morgan fingerprint density at radius 1 is 1.21 bits per heavy atom. The van der Waals surface area contributed by atoms with Crippen LogP contribution >= 0.6 is 11.6 Å². The number of nitrogens with one attached hydrogen (secondary N) is 1. The Morgan fingerprint density at radius 3 is 2.68 bits per heavy atom. The lowest BCUT2D eigenvalue weighted by Crippen LogP contribution is -2.27. The summed E-state index contributed by atoms with van der Waals surface area (Å²) in [4.78, 5) is 0. The number of sulfonamides is 1. The van der Waals surface area contributed by atoms with Crippen LogP contribution < -0.4 is 4.72 Å². The van der Waals surface area contributed by atoms with E-state index in [1.165, 1.54) is 0 Å². The van der Waals surface area contributed by atoms with Gasteiger partial charge in [0.25, 0.3) is 0 Å². The normalized spacial score (nSPS) is 11.6. The van der Waals surface area contributed by atoms with Crippen molar-refractivity contribution >= 4 is 21.6 Å². The maximum atomic E-state index is 11.9. The van der Waals surface area contributed by atoms with Crippen molar-refractivity contribution < 1.29 is 12.8 Å². The number of halogens is 1. The topological polar surface area (TPSA) is 59.3 Å². The van der Waals surface area contributed by atoms with E-state index in [0.717, 1.165) is 5.56 Å². The fourth-order valence-electron chi connectivity index (χ4n) is 1.66. The van der Waals surface area contributed by atoms with Crippen molar-refractivity contribution in [2.24, 2.45) is 0 Å². The van der Waals surface area contributed by atoms with Gasteiger partial charge in [0.2, 0.25) is 10.0 Å². The predicted molar refractivity (Wildman–Crippen MR) is 74.5 cm³/mol. The molecule has 6 heteroatoms. The Kier molecular flexibility index (Phi) is 4.63. The van der Waals surface area contributed by atoms with E-state index in [1.54, 1.807) is 36.8 Å². The highest BCUT2D eigenvalue weighted by Crippen LogP contribution is 2.17. The average molecular weight is 300 g/mol. The van der Waals surface area contributed by atoms with Gasteiger partial charge in [0.1, 0.15) is 0 Å². The lowest BCUT2D eigenvalue weighted by molar-refractivity contribution is 0.562. The highest BCUT2D eigenvalue weighted by atomic mass is 35.5. The van der Waals surface area contributed by atoms with Crippen LogP contribution in [-0.4, -0.2) is 15.0 Å². The van der Waals surface area contributed by atoms with E-state index in [2.05, 4.69) is 4.72 Å². The zero-order valence-corrected chi connectivity index (χ0v) is 11.7. The highest BCUT2D eigenvalue weighted by molar-refractivity contribution is 7.88. The summed E-state index contributed by atoms with van der Waals surface area (Å²) in [6.07, 6.45) is 3.76. The first kappa shape index (κ1) is 14.1. The van der Waals surface area contributed by atoms with E-state index < -0.39 is 10.0 Å². The summed E-state index contributed by atoms with van der Waals surface area (Å²) in [5, 5.41) is 0.461. The molecule has 0 unspecified atom stereocenters. The number of hydrogen-bond acceptors (Lipinski definition) is 3. The summed E-state index contributed by atoms with van der Waals surface area (Å²) in [5.74, 6) is -0.113. The standard InChI is InChI=1S/C13H14ClNO3S/c14-13-4-2-1-3-12(13)10-19(16,17)15-7-5-11-6-8-18-9-11/h1-4,6,8-9,15H,5,7,10H2. The molecule has 0 saturated heterocycles. The molecule has 0 radical (unpaired) electrons. The molecule has 1 N–H and O–H groups in total. The Morgan fingerprint density at radius 2 is 2.00 bits per heavy atom. The van der Waals surface area contributed by atoms with Gasteiger partial charge in [0, 0.05) is 11.6 Å². The first-order chi connectivity index (χ1) is 9.07. The van der Waals surface area contributed by atoms with E-state index in [1.807, 2.05) is 6.07 Å². The van der Waals surface area contributed by atoms with Crippen LogP contribution in [0.4, 0.5) is 0 Å². The van der Waals surface area contributed by atoms with Crippen molar-refractivity contribution in [3.8, 4) is 0 Å².